The molecule has 0 saturated heterocycles. The fraction of sp³-hybridized carbons (Fsp3) is 0.455. The highest BCUT2D eigenvalue weighted by Gasteiger charge is 2.11. The zero-order valence-electron chi connectivity index (χ0n) is 8.71. The van der Waals surface area contributed by atoms with Crippen molar-refractivity contribution in [2.45, 2.75) is 13.0 Å². The van der Waals surface area contributed by atoms with Crippen LogP contribution < -0.4 is 10.2 Å². The number of hydrogen-bond donors (Lipinski definition) is 1. The van der Waals surface area contributed by atoms with E-state index in [0.717, 1.165) is 25.3 Å². The molecule has 0 aliphatic carbocycles. The molecule has 0 unspecified atom stereocenters. The molecule has 0 aromatic heterocycles. The van der Waals surface area contributed by atoms with E-state index in [9.17, 15) is 0 Å². The minimum absolute atomic E-state index is 0.833. The molecule has 0 bridgehead atoms. The van der Waals surface area contributed by atoms with Crippen molar-refractivity contribution in [1.29, 1.82) is 0 Å². The Bertz CT molecular complexity index is 323. The van der Waals surface area contributed by atoms with E-state index in [2.05, 4.69) is 23.6 Å². The molecule has 0 radical (unpaired) electrons. The van der Waals surface area contributed by atoms with Crippen LogP contribution in [0.5, 0.6) is 5.75 Å². The normalized spacial score (nSPS) is 14.2. The van der Waals surface area contributed by atoms with Crippen molar-refractivity contribution in [3.05, 3.63) is 29.3 Å². The van der Waals surface area contributed by atoms with E-state index in [1.165, 1.54) is 11.1 Å². The number of hydrazine groups is 1. The third-order valence-electron chi connectivity index (χ3n) is 2.35. The molecule has 0 fully saturated rings. The van der Waals surface area contributed by atoms with E-state index in [0.29, 0.717) is 0 Å². The lowest BCUT2D eigenvalue weighted by Gasteiger charge is -2.12. The molecule has 0 atom stereocenters. The number of benzene rings is 1. The molecular formula is C11H16N2O. The molecule has 0 saturated carbocycles. The third-order valence-corrected chi connectivity index (χ3v) is 2.35. The lowest BCUT2D eigenvalue weighted by Crippen LogP contribution is -2.29. The van der Waals surface area contributed by atoms with Crippen molar-refractivity contribution < 1.29 is 4.74 Å². The van der Waals surface area contributed by atoms with Crippen molar-refractivity contribution in [1.82, 2.24) is 10.4 Å². The van der Waals surface area contributed by atoms with Gasteiger partial charge in [0.15, 0.2) is 0 Å². The number of rotatable bonds is 3. The minimum Gasteiger partial charge on any atom is -0.493 e. The second-order valence-electron chi connectivity index (χ2n) is 3.77. The average molecular weight is 192 g/mol. The van der Waals surface area contributed by atoms with E-state index in [1.54, 1.807) is 0 Å². The molecule has 1 aromatic rings. The van der Waals surface area contributed by atoms with E-state index >= 15 is 0 Å². The number of nitrogens with one attached hydrogen (secondary N) is 1. The summed E-state index contributed by atoms with van der Waals surface area (Å²) in [6.07, 6.45) is 1.05. The predicted octanol–water partition coefficient (Wildman–Crippen LogP) is 1.19. The van der Waals surface area contributed by atoms with Gasteiger partial charge in [0.25, 0.3) is 0 Å². The first-order valence-electron chi connectivity index (χ1n) is 4.91. The Hall–Kier alpha value is -1.06. The molecule has 2 rings (SSSR count). The predicted molar refractivity (Wildman–Crippen MR) is 56.2 cm³/mol. The first-order valence-corrected chi connectivity index (χ1v) is 4.91. The lowest BCUT2D eigenvalue weighted by atomic mass is 10.1. The Labute approximate surface area is 84.6 Å². The van der Waals surface area contributed by atoms with Crippen LogP contribution in [0.15, 0.2) is 18.2 Å². The SMILES string of the molecule is CN(C)NCc1ccc2c(c1)CCO2. The second kappa shape index (κ2) is 3.98. The summed E-state index contributed by atoms with van der Waals surface area (Å²) in [6, 6.07) is 6.40. The molecule has 1 N–H and O–H groups in total. The van der Waals surface area contributed by atoms with Crippen molar-refractivity contribution in [2.75, 3.05) is 20.7 Å². The van der Waals surface area contributed by atoms with Crippen LogP contribution in [-0.2, 0) is 13.0 Å². The molecule has 1 aliphatic heterocycles. The van der Waals surface area contributed by atoms with Crippen LogP contribution in [0, 0.1) is 0 Å². The minimum atomic E-state index is 0.833. The van der Waals surface area contributed by atoms with E-state index in [4.69, 9.17) is 4.74 Å². The second-order valence-corrected chi connectivity index (χ2v) is 3.77. The smallest absolute Gasteiger partial charge is 0.122 e. The molecular weight excluding hydrogens is 176 g/mol. The Balaban J connectivity index is 2.05. The molecule has 1 heterocycles. The van der Waals surface area contributed by atoms with Gasteiger partial charge >= 0.3 is 0 Å². The average Bonchev–Trinajstić information content (AvgIpc) is 2.61. The highest BCUT2D eigenvalue weighted by Crippen LogP contribution is 2.25. The Morgan fingerprint density at radius 1 is 1.43 bits per heavy atom. The first-order chi connectivity index (χ1) is 6.75. The standard InChI is InChI=1S/C11H16N2O/c1-13(2)12-8-9-3-4-11-10(7-9)5-6-14-11/h3-4,7,12H,5-6,8H2,1-2H3. The van der Waals surface area contributed by atoms with E-state index < -0.39 is 0 Å². The van der Waals surface area contributed by atoms with Gasteiger partial charge in [0.2, 0.25) is 0 Å². The summed E-state index contributed by atoms with van der Waals surface area (Å²) in [4.78, 5) is 0. The Kier molecular flexibility index (Phi) is 2.70. The van der Waals surface area contributed by atoms with Crippen molar-refractivity contribution in [2.24, 2.45) is 0 Å². The molecule has 1 aromatic carbocycles. The van der Waals surface area contributed by atoms with Crippen molar-refractivity contribution >= 4 is 0 Å². The third kappa shape index (κ3) is 2.05. The zero-order chi connectivity index (χ0) is 9.97. The molecule has 3 heteroatoms. The summed E-state index contributed by atoms with van der Waals surface area (Å²) >= 11 is 0. The van der Waals surface area contributed by atoms with Gasteiger partial charge in [-0.05, 0) is 17.2 Å². The van der Waals surface area contributed by atoms with Gasteiger partial charge in [0.05, 0.1) is 6.61 Å². The maximum atomic E-state index is 5.45. The zero-order valence-corrected chi connectivity index (χ0v) is 8.71. The maximum absolute atomic E-state index is 5.45. The van der Waals surface area contributed by atoms with Crippen molar-refractivity contribution in [3.63, 3.8) is 0 Å². The number of nitrogens with zero attached hydrogens (tertiary/aromatic N) is 1. The number of ether oxygens (including phenoxy) is 1. The number of fused-ring (bicyclic) bond motifs is 1. The van der Waals surface area contributed by atoms with Gasteiger partial charge in [0, 0.05) is 27.1 Å². The number of hydrogen-bond acceptors (Lipinski definition) is 3. The van der Waals surface area contributed by atoms with E-state index in [1.807, 2.05) is 19.1 Å². The summed E-state index contributed by atoms with van der Waals surface area (Å²) in [5, 5.41) is 1.96. The molecule has 0 amide bonds. The monoisotopic (exact) mass is 192 g/mol. The maximum Gasteiger partial charge on any atom is 0.122 e. The van der Waals surface area contributed by atoms with Gasteiger partial charge in [-0.15, -0.1) is 0 Å². The summed E-state index contributed by atoms with van der Waals surface area (Å²) < 4.78 is 5.45. The van der Waals surface area contributed by atoms with Crippen molar-refractivity contribution in [3.8, 4) is 5.75 Å². The largest absolute Gasteiger partial charge is 0.493 e. The molecule has 3 nitrogen and oxygen atoms in total. The topological polar surface area (TPSA) is 24.5 Å². The highest BCUT2D eigenvalue weighted by atomic mass is 16.5. The summed E-state index contributed by atoms with van der Waals surface area (Å²) in [7, 11) is 3.99. The van der Waals surface area contributed by atoms with Crippen LogP contribution >= 0.6 is 0 Å². The Morgan fingerprint density at radius 3 is 3.07 bits per heavy atom. The summed E-state index contributed by atoms with van der Waals surface area (Å²) in [5.74, 6) is 1.05. The van der Waals surface area contributed by atoms with Crippen LogP contribution in [0.4, 0.5) is 0 Å². The Morgan fingerprint density at radius 2 is 2.29 bits per heavy atom. The summed E-state index contributed by atoms with van der Waals surface area (Å²) in [6.45, 7) is 1.71. The van der Waals surface area contributed by atoms with Crippen LogP contribution in [-0.4, -0.2) is 25.7 Å². The van der Waals surface area contributed by atoms with Gasteiger partial charge < -0.3 is 4.74 Å². The molecule has 1 aliphatic rings. The quantitative estimate of drug-likeness (QED) is 0.728. The van der Waals surface area contributed by atoms with Crippen LogP contribution in [0.25, 0.3) is 0 Å². The fourth-order valence-corrected chi connectivity index (χ4v) is 1.60. The van der Waals surface area contributed by atoms with Gasteiger partial charge in [0.1, 0.15) is 5.75 Å². The van der Waals surface area contributed by atoms with Crippen LogP contribution in [0.3, 0.4) is 0 Å². The highest BCUT2D eigenvalue weighted by molar-refractivity contribution is 5.39. The molecule has 14 heavy (non-hydrogen) atoms. The van der Waals surface area contributed by atoms with E-state index in [-0.39, 0.29) is 0 Å². The summed E-state index contributed by atoms with van der Waals surface area (Å²) in [5.41, 5.74) is 5.89. The molecule has 0 spiro atoms. The first kappa shape index (κ1) is 9.49. The van der Waals surface area contributed by atoms with Crippen LogP contribution in [0.2, 0.25) is 0 Å². The fourth-order valence-electron chi connectivity index (χ4n) is 1.60. The van der Waals surface area contributed by atoms with Gasteiger partial charge in [-0.1, -0.05) is 12.1 Å². The van der Waals surface area contributed by atoms with Gasteiger partial charge in [-0.2, -0.15) is 0 Å². The van der Waals surface area contributed by atoms with Crippen LogP contribution in [0.1, 0.15) is 11.1 Å². The van der Waals surface area contributed by atoms with Gasteiger partial charge in [-0.25, -0.2) is 0 Å². The lowest BCUT2D eigenvalue weighted by molar-refractivity contribution is 0.286. The van der Waals surface area contributed by atoms with Gasteiger partial charge in [-0.3, -0.25) is 10.4 Å². The molecule has 76 valence electrons.